The number of nitrogens with zero attached hydrogens (tertiary/aromatic N) is 2. The van der Waals surface area contributed by atoms with Crippen LogP contribution in [0.4, 0.5) is 17.2 Å². The molecule has 0 spiro atoms. The van der Waals surface area contributed by atoms with E-state index in [2.05, 4.69) is 51.3 Å². The molecule has 0 atom stereocenters. The van der Waals surface area contributed by atoms with Gasteiger partial charge in [-0.15, -0.1) is 0 Å². The van der Waals surface area contributed by atoms with Crippen LogP contribution in [0.15, 0.2) is 48.7 Å². The number of amides is 1. The molecule has 0 radical (unpaired) electrons. The zero-order valence-corrected chi connectivity index (χ0v) is 17.4. The number of piperazine rings is 1. The van der Waals surface area contributed by atoms with E-state index in [0.29, 0.717) is 6.54 Å². The molecular weight excluding hydrogens is 362 g/mol. The fourth-order valence-corrected chi connectivity index (χ4v) is 4.28. The topological polar surface area (TPSA) is 54.2 Å². The zero-order valence-electron chi connectivity index (χ0n) is 17.4. The summed E-state index contributed by atoms with van der Waals surface area (Å²) in [6, 6.07) is 14.5. The first-order valence-corrected chi connectivity index (χ1v) is 10.9. The number of H-pyrrole nitrogens is 1. The minimum absolute atomic E-state index is 0.0965. The summed E-state index contributed by atoms with van der Waals surface area (Å²) in [5, 5.41) is 3.07. The van der Waals surface area contributed by atoms with Crippen molar-refractivity contribution in [2.24, 2.45) is 5.92 Å². The van der Waals surface area contributed by atoms with Crippen LogP contribution in [0.1, 0.15) is 19.8 Å². The number of aromatic nitrogens is 1. The maximum atomic E-state index is 12.5. The van der Waals surface area contributed by atoms with Crippen LogP contribution in [0.2, 0.25) is 0 Å². The third kappa shape index (κ3) is 5.26. The molecule has 1 aromatic carbocycles. The van der Waals surface area contributed by atoms with Crippen LogP contribution < -0.4 is 25.0 Å². The largest absolute Gasteiger partial charge is 0.372 e. The van der Waals surface area contributed by atoms with Gasteiger partial charge >= 0.3 is 0 Å². The van der Waals surface area contributed by atoms with Crippen molar-refractivity contribution in [2.75, 3.05) is 60.9 Å². The zero-order chi connectivity index (χ0) is 20.1. The lowest BCUT2D eigenvalue weighted by Gasteiger charge is -2.32. The van der Waals surface area contributed by atoms with Gasteiger partial charge in [-0.3, -0.25) is 9.69 Å². The third-order valence-electron chi connectivity index (χ3n) is 6.21. The number of hydrogen-bond acceptors (Lipinski definition) is 3. The Bertz CT molecular complexity index is 779. The second-order valence-corrected chi connectivity index (χ2v) is 8.43. The van der Waals surface area contributed by atoms with Crippen molar-refractivity contribution in [1.82, 2.24) is 0 Å². The third-order valence-corrected chi connectivity index (χ3v) is 6.21. The molecule has 3 heterocycles. The highest BCUT2D eigenvalue weighted by molar-refractivity contribution is 5.91. The van der Waals surface area contributed by atoms with Gasteiger partial charge in [0.2, 0.25) is 0 Å². The molecule has 2 aliphatic heterocycles. The quantitative estimate of drug-likeness (QED) is 0.797. The van der Waals surface area contributed by atoms with E-state index in [-0.39, 0.29) is 5.91 Å². The van der Waals surface area contributed by atoms with Crippen molar-refractivity contribution in [3.63, 3.8) is 0 Å². The molecule has 0 saturated carbocycles. The number of aromatic amines is 1. The van der Waals surface area contributed by atoms with E-state index in [1.807, 2.05) is 24.4 Å². The number of pyridine rings is 1. The van der Waals surface area contributed by atoms with E-state index >= 15 is 0 Å². The highest BCUT2D eigenvalue weighted by Gasteiger charge is 2.27. The molecule has 0 unspecified atom stereocenters. The van der Waals surface area contributed by atoms with Crippen molar-refractivity contribution >= 4 is 23.1 Å². The summed E-state index contributed by atoms with van der Waals surface area (Å²) < 4.78 is 0. The van der Waals surface area contributed by atoms with Gasteiger partial charge in [0.1, 0.15) is 26.2 Å². The maximum absolute atomic E-state index is 12.5. The summed E-state index contributed by atoms with van der Waals surface area (Å²) >= 11 is 0. The van der Waals surface area contributed by atoms with E-state index in [1.54, 1.807) is 0 Å². The molecule has 2 fully saturated rings. The van der Waals surface area contributed by atoms with Crippen LogP contribution >= 0.6 is 0 Å². The first kappa shape index (κ1) is 19.7. The van der Waals surface area contributed by atoms with E-state index < -0.39 is 0 Å². The Balaban J connectivity index is 1.23. The van der Waals surface area contributed by atoms with Crippen LogP contribution in [0.25, 0.3) is 0 Å². The molecule has 2 aromatic rings. The number of rotatable bonds is 5. The molecular formula is C23H33N5O+2. The molecule has 6 nitrogen and oxygen atoms in total. The maximum Gasteiger partial charge on any atom is 0.279 e. The lowest BCUT2D eigenvalue weighted by atomic mass is 9.99. The lowest BCUT2D eigenvalue weighted by molar-refractivity contribution is -0.892. The van der Waals surface area contributed by atoms with Crippen molar-refractivity contribution < 1.29 is 14.7 Å². The SMILES string of the molecule is CC1CCN(c2ccc(NC(=O)C[NH+]3CCN(c4cccc[nH+]4)CC3)cc2)CC1. The Morgan fingerprint density at radius 3 is 2.41 bits per heavy atom. The van der Waals surface area contributed by atoms with Gasteiger partial charge in [-0.2, -0.15) is 0 Å². The average Bonchev–Trinajstić information content (AvgIpc) is 2.76. The van der Waals surface area contributed by atoms with Crippen LogP contribution in [-0.2, 0) is 4.79 Å². The first-order valence-electron chi connectivity index (χ1n) is 10.9. The molecule has 2 saturated heterocycles. The summed E-state index contributed by atoms with van der Waals surface area (Å²) in [4.78, 5) is 21.9. The second-order valence-electron chi connectivity index (χ2n) is 8.43. The fraction of sp³-hybridized carbons (Fsp3) is 0.478. The van der Waals surface area contributed by atoms with Crippen LogP contribution in [0.5, 0.6) is 0 Å². The van der Waals surface area contributed by atoms with Gasteiger partial charge in [0.25, 0.3) is 11.7 Å². The normalized spacial score (nSPS) is 18.7. The Morgan fingerprint density at radius 1 is 1.03 bits per heavy atom. The summed E-state index contributed by atoms with van der Waals surface area (Å²) in [7, 11) is 0. The summed E-state index contributed by atoms with van der Waals surface area (Å²) in [6.07, 6.45) is 4.48. The monoisotopic (exact) mass is 395 g/mol. The predicted molar refractivity (Wildman–Crippen MR) is 116 cm³/mol. The van der Waals surface area contributed by atoms with Crippen molar-refractivity contribution in [2.45, 2.75) is 19.8 Å². The standard InChI is InChI=1S/C23H31N5O/c1-19-9-12-27(13-10-19)21-7-5-20(6-8-21)25-23(29)18-26-14-16-28(17-15-26)22-4-2-3-11-24-22/h2-8,11,19H,9-10,12-18H2,1H3,(H,25,29)/p+2. The number of nitrogens with one attached hydrogen (secondary N) is 3. The molecule has 1 aromatic heterocycles. The van der Waals surface area contributed by atoms with E-state index in [1.165, 1.54) is 23.4 Å². The molecule has 1 amide bonds. The van der Waals surface area contributed by atoms with Gasteiger partial charge in [-0.25, -0.2) is 4.98 Å². The number of hydrogen-bond donors (Lipinski definition) is 2. The molecule has 0 aliphatic carbocycles. The fourth-order valence-electron chi connectivity index (χ4n) is 4.28. The van der Waals surface area contributed by atoms with Gasteiger partial charge < -0.3 is 15.1 Å². The number of carbonyl (C=O) groups excluding carboxylic acids is 1. The Hall–Kier alpha value is -2.60. The molecule has 29 heavy (non-hydrogen) atoms. The van der Waals surface area contributed by atoms with Crippen LogP contribution in [0.3, 0.4) is 0 Å². The number of anilines is 3. The number of carbonyl (C=O) groups is 1. The van der Waals surface area contributed by atoms with Gasteiger partial charge in [0.05, 0.1) is 6.20 Å². The molecule has 0 bridgehead atoms. The average molecular weight is 396 g/mol. The number of piperidine rings is 1. The van der Waals surface area contributed by atoms with Crippen molar-refractivity contribution in [3.05, 3.63) is 48.7 Å². The van der Waals surface area contributed by atoms with E-state index in [4.69, 9.17) is 0 Å². The predicted octanol–water partition coefficient (Wildman–Crippen LogP) is 1.08. The Kier molecular flexibility index (Phi) is 6.30. The minimum Gasteiger partial charge on any atom is -0.372 e. The second kappa shape index (κ2) is 9.27. The van der Waals surface area contributed by atoms with Gasteiger partial charge in [-0.1, -0.05) is 13.0 Å². The van der Waals surface area contributed by atoms with Crippen molar-refractivity contribution in [1.29, 1.82) is 0 Å². The van der Waals surface area contributed by atoms with Gasteiger partial charge in [-0.05, 0) is 49.1 Å². The van der Waals surface area contributed by atoms with Gasteiger partial charge in [0, 0.05) is 30.5 Å². The van der Waals surface area contributed by atoms with E-state index in [0.717, 1.165) is 56.7 Å². The Morgan fingerprint density at radius 2 is 1.76 bits per heavy atom. The highest BCUT2D eigenvalue weighted by atomic mass is 16.2. The summed E-state index contributed by atoms with van der Waals surface area (Å²) in [6.45, 7) is 8.99. The lowest BCUT2D eigenvalue weighted by Crippen LogP contribution is -3.15. The van der Waals surface area contributed by atoms with Crippen LogP contribution in [0, 0.1) is 5.92 Å². The smallest absolute Gasteiger partial charge is 0.279 e. The van der Waals surface area contributed by atoms with Crippen LogP contribution in [-0.4, -0.2) is 51.7 Å². The molecule has 6 heteroatoms. The molecule has 154 valence electrons. The molecule has 4 rings (SSSR count). The number of benzene rings is 1. The highest BCUT2D eigenvalue weighted by Crippen LogP contribution is 2.24. The summed E-state index contributed by atoms with van der Waals surface area (Å²) in [5.41, 5.74) is 2.15. The van der Waals surface area contributed by atoms with Gasteiger partial charge in [0.15, 0.2) is 6.54 Å². The minimum atomic E-state index is 0.0965. The Labute approximate surface area is 173 Å². The van der Waals surface area contributed by atoms with Crippen molar-refractivity contribution in [3.8, 4) is 0 Å². The first-order chi connectivity index (χ1) is 14.2. The summed E-state index contributed by atoms with van der Waals surface area (Å²) in [5.74, 6) is 2.08. The molecule has 3 N–H and O–H groups in total. The molecule has 2 aliphatic rings. The number of quaternary nitrogens is 1. The van der Waals surface area contributed by atoms with E-state index in [9.17, 15) is 4.79 Å².